The molecule has 196 valence electrons. The summed E-state index contributed by atoms with van der Waals surface area (Å²) in [5, 5.41) is 0. The van der Waals surface area contributed by atoms with Crippen LogP contribution >= 0.6 is 0 Å². The Kier molecular flexibility index (Phi) is 6.78. The third kappa shape index (κ3) is 5.94. The molecule has 0 saturated carbocycles. The molecule has 1 aliphatic heterocycles. The van der Waals surface area contributed by atoms with Crippen LogP contribution in [0.15, 0.2) is 73.1 Å². The number of pyridine rings is 1. The van der Waals surface area contributed by atoms with E-state index in [9.17, 15) is 26.3 Å². The largest absolute Gasteiger partial charge is 0.573 e. The Morgan fingerprint density at radius 2 is 1.61 bits per heavy atom. The maximum Gasteiger partial charge on any atom is 0.573 e. The van der Waals surface area contributed by atoms with Crippen molar-refractivity contribution in [1.29, 1.82) is 0 Å². The summed E-state index contributed by atoms with van der Waals surface area (Å²) in [6, 6.07) is 14.1. The van der Waals surface area contributed by atoms with Gasteiger partial charge in [0.05, 0.1) is 17.0 Å². The lowest BCUT2D eigenvalue weighted by Gasteiger charge is -2.28. The highest BCUT2D eigenvalue weighted by atomic mass is 19.4. The Balaban J connectivity index is 1.25. The summed E-state index contributed by atoms with van der Waals surface area (Å²) < 4.78 is 80.8. The van der Waals surface area contributed by atoms with Crippen LogP contribution in [0.3, 0.4) is 0 Å². The molecular formula is C27H20F6N4O. The zero-order valence-corrected chi connectivity index (χ0v) is 19.7. The van der Waals surface area contributed by atoms with Crippen LogP contribution in [0.5, 0.6) is 5.75 Å². The van der Waals surface area contributed by atoms with Gasteiger partial charge in [-0.1, -0.05) is 30.3 Å². The van der Waals surface area contributed by atoms with E-state index in [4.69, 9.17) is 0 Å². The van der Waals surface area contributed by atoms with Gasteiger partial charge in [-0.15, -0.1) is 13.2 Å². The van der Waals surface area contributed by atoms with E-state index >= 15 is 0 Å². The summed E-state index contributed by atoms with van der Waals surface area (Å²) in [6.45, 7) is 1.83. The van der Waals surface area contributed by atoms with Crippen molar-refractivity contribution < 1.29 is 31.1 Å². The van der Waals surface area contributed by atoms with E-state index in [0.29, 0.717) is 43.1 Å². The van der Waals surface area contributed by atoms with Crippen LogP contribution in [0.25, 0.3) is 22.6 Å². The van der Waals surface area contributed by atoms with E-state index in [0.717, 1.165) is 29.0 Å². The molecule has 0 bridgehead atoms. The summed E-state index contributed by atoms with van der Waals surface area (Å²) in [7, 11) is 0. The van der Waals surface area contributed by atoms with Crippen molar-refractivity contribution in [2.75, 3.05) is 6.54 Å². The second-order valence-electron chi connectivity index (χ2n) is 8.80. The lowest BCUT2D eigenvalue weighted by Crippen LogP contribution is -2.31. The van der Waals surface area contributed by atoms with Crippen molar-refractivity contribution in [2.45, 2.75) is 32.0 Å². The number of nitrogens with zero attached hydrogens (tertiary/aromatic N) is 4. The maximum absolute atomic E-state index is 12.8. The molecule has 0 atom stereocenters. The molecule has 38 heavy (non-hydrogen) atoms. The fourth-order valence-corrected chi connectivity index (χ4v) is 4.28. The highest BCUT2D eigenvalue weighted by Crippen LogP contribution is 2.33. The molecule has 0 N–H and O–H groups in total. The molecule has 5 rings (SSSR count). The minimum atomic E-state index is -4.80. The molecule has 3 heterocycles. The molecule has 0 unspecified atom stereocenters. The van der Waals surface area contributed by atoms with Crippen molar-refractivity contribution in [3.8, 4) is 28.4 Å². The van der Waals surface area contributed by atoms with Gasteiger partial charge < -0.3 is 4.74 Å². The van der Waals surface area contributed by atoms with E-state index < -0.39 is 18.1 Å². The molecular weight excluding hydrogens is 510 g/mol. The van der Waals surface area contributed by atoms with Crippen molar-refractivity contribution in [3.63, 3.8) is 0 Å². The van der Waals surface area contributed by atoms with Crippen LogP contribution in [0.1, 0.15) is 22.4 Å². The zero-order valence-electron chi connectivity index (χ0n) is 19.7. The Labute approximate surface area is 213 Å². The molecule has 1 aliphatic rings. The fourth-order valence-electron chi connectivity index (χ4n) is 4.28. The summed E-state index contributed by atoms with van der Waals surface area (Å²) in [6.07, 6.45) is -5.25. The van der Waals surface area contributed by atoms with Crippen molar-refractivity contribution in [3.05, 3.63) is 95.4 Å². The number of benzene rings is 2. The second-order valence-corrected chi connectivity index (χ2v) is 8.80. The van der Waals surface area contributed by atoms with Gasteiger partial charge in [0, 0.05) is 55.1 Å². The van der Waals surface area contributed by atoms with Crippen molar-refractivity contribution in [1.82, 2.24) is 19.9 Å². The highest BCUT2D eigenvalue weighted by Gasteiger charge is 2.32. The van der Waals surface area contributed by atoms with Crippen molar-refractivity contribution >= 4 is 0 Å². The number of ether oxygens (including phenoxy) is 1. The maximum atomic E-state index is 12.8. The van der Waals surface area contributed by atoms with Gasteiger partial charge in [0.1, 0.15) is 5.75 Å². The summed E-state index contributed by atoms with van der Waals surface area (Å²) in [5.74, 6) is 0.0593. The Hall–Kier alpha value is -3.99. The molecule has 0 fully saturated rings. The third-order valence-electron chi connectivity index (χ3n) is 6.10. The first-order chi connectivity index (χ1) is 18.0. The quantitative estimate of drug-likeness (QED) is 0.270. The number of aromatic nitrogens is 3. The predicted octanol–water partition coefficient (Wildman–Crippen LogP) is 6.68. The summed E-state index contributed by atoms with van der Waals surface area (Å²) in [4.78, 5) is 15.4. The molecule has 2 aromatic heterocycles. The molecule has 4 aromatic rings. The first-order valence-electron chi connectivity index (χ1n) is 11.6. The number of rotatable bonds is 5. The fraction of sp³-hybridized carbons (Fsp3) is 0.222. The van der Waals surface area contributed by atoms with Crippen LogP contribution in [0.2, 0.25) is 0 Å². The SMILES string of the molecule is FC(F)(F)Oc1ccccc1-c1ccc(CN2CCc3nc(-c4ccc(C(F)(F)F)cc4)ncc3C2)cn1. The molecule has 0 amide bonds. The minimum absolute atomic E-state index is 0.240. The highest BCUT2D eigenvalue weighted by molar-refractivity contribution is 5.67. The first-order valence-corrected chi connectivity index (χ1v) is 11.6. The first kappa shape index (κ1) is 25.7. The van der Waals surface area contributed by atoms with Gasteiger partial charge >= 0.3 is 12.5 Å². The van der Waals surface area contributed by atoms with Gasteiger partial charge in [0.25, 0.3) is 0 Å². The monoisotopic (exact) mass is 530 g/mol. The number of hydrogen-bond acceptors (Lipinski definition) is 5. The van der Waals surface area contributed by atoms with Gasteiger partial charge in [-0.25, -0.2) is 9.97 Å². The number of halogens is 6. The molecule has 11 heteroatoms. The van der Waals surface area contributed by atoms with E-state index in [1.807, 2.05) is 6.07 Å². The number of alkyl halides is 6. The molecule has 0 spiro atoms. The molecule has 0 saturated heterocycles. The topological polar surface area (TPSA) is 51.1 Å². The van der Waals surface area contributed by atoms with Gasteiger partial charge in [-0.05, 0) is 35.9 Å². The Bertz CT molecular complexity index is 1420. The average molecular weight is 530 g/mol. The Morgan fingerprint density at radius 1 is 0.842 bits per heavy atom. The predicted molar refractivity (Wildman–Crippen MR) is 127 cm³/mol. The smallest absolute Gasteiger partial charge is 0.405 e. The van der Waals surface area contributed by atoms with Crippen LogP contribution in [0.4, 0.5) is 26.3 Å². The van der Waals surface area contributed by atoms with Crippen LogP contribution in [-0.2, 0) is 25.7 Å². The van der Waals surface area contributed by atoms with Gasteiger partial charge in [0.2, 0.25) is 0 Å². The number of hydrogen-bond donors (Lipinski definition) is 0. The van der Waals surface area contributed by atoms with E-state index in [2.05, 4.69) is 24.6 Å². The van der Waals surface area contributed by atoms with Gasteiger partial charge in [0.15, 0.2) is 5.82 Å². The van der Waals surface area contributed by atoms with Crippen molar-refractivity contribution in [2.24, 2.45) is 0 Å². The summed E-state index contributed by atoms with van der Waals surface area (Å²) >= 11 is 0. The zero-order chi connectivity index (χ0) is 26.9. The third-order valence-corrected chi connectivity index (χ3v) is 6.10. The lowest BCUT2D eigenvalue weighted by molar-refractivity contribution is -0.274. The minimum Gasteiger partial charge on any atom is -0.405 e. The lowest BCUT2D eigenvalue weighted by atomic mass is 10.1. The summed E-state index contributed by atoms with van der Waals surface area (Å²) in [5.41, 5.74) is 3.04. The van der Waals surface area contributed by atoms with E-state index in [-0.39, 0.29) is 11.3 Å². The standard InChI is InChI=1S/C27H20F6N4O/c28-26(29,30)20-8-6-18(7-9-20)25-35-14-19-16-37(12-11-22(19)36-25)15-17-5-10-23(34-13-17)21-3-1-2-4-24(21)38-27(31,32)33/h1-10,13-14H,11-12,15-16H2. The van der Waals surface area contributed by atoms with Gasteiger partial charge in [-0.3, -0.25) is 9.88 Å². The van der Waals surface area contributed by atoms with Gasteiger partial charge in [-0.2, -0.15) is 13.2 Å². The van der Waals surface area contributed by atoms with E-state index in [1.54, 1.807) is 24.5 Å². The Morgan fingerprint density at radius 3 is 2.29 bits per heavy atom. The normalized spacial score (nSPS) is 14.3. The number of fused-ring (bicyclic) bond motifs is 1. The molecule has 0 radical (unpaired) electrons. The molecule has 0 aliphatic carbocycles. The average Bonchev–Trinajstić information content (AvgIpc) is 2.88. The van der Waals surface area contributed by atoms with Crippen LogP contribution in [0, 0.1) is 0 Å². The van der Waals surface area contributed by atoms with E-state index in [1.165, 1.54) is 30.3 Å². The molecule has 5 nitrogen and oxygen atoms in total. The van der Waals surface area contributed by atoms with Crippen LogP contribution < -0.4 is 4.74 Å². The molecule has 2 aromatic carbocycles. The second kappa shape index (κ2) is 10.1. The van der Waals surface area contributed by atoms with Crippen LogP contribution in [-0.4, -0.2) is 32.8 Å². The number of para-hydroxylation sites is 1.